The van der Waals surface area contributed by atoms with Gasteiger partial charge in [0.1, 0.15) is 13.0 Å². The van der Waals surface area contributed by atoms with Crippen LogP contribution in [0.4, 0.5) is 0 Å². The Morgan fingerprint density at radius 2 is 1.40 bits per heavy atom. The number of hydrogen-bond acceptors (Lipinski definition) is 1. The summed E-state index contributed by atoms with van der Waals surface area (Å²) >= 11 is 0. The first kappa shape index (κ1) is 12.4. The molecule has 1 aromatic rings. The van der Waals surface area contributed by atoms with E-state index in [0.29, 0.717) is 5.41 Å². The number of carbonyl (C=O) groups is 1. The van der Waals surface area contributed by atoms with E-state index in [2.05, 4.69) is 32.7 Å². The SMILES string of the molecule is C[Si](C)(C)[Si](C)(C)C(=O)c1ccccc1. The van der Waals surface area contributed by atoms with Crippen LogP contribution in [0.25, 0.3) is 0 Å². The normalized spacial score (nSPS) is 12.6. The van der Waals surface area contributed by atoms with Crippen LogP contribution in [-0.4, -0.2) is 20.6 Å². The largest absolute Gasteiger partial charge is 0.300 e. The lowest BCUT2D eigenvalue weighted by Gasteiger charge is -2.33. The van der Waals surface area contributed by atoms with Crippen molar-refractivity contribution in [3.05, 3.63) is 35.9 Å². The van der Waals surface area contributed by atoms with Crippen LogP contribution in [-0.2, 0) is 0 Å². The van der Waals surface area contributed by atoms with E-state index >= 15 is 0 Å². The molecule has 0 bridgehead atoms. The molecular formula is C12H20OSi2. The maximum atomic E-state index is 12.4. The number of carbonyl (C=O) groups excluding carboxylic acids is 1. The molecule has 0 fully saturated rings. The summed E-state index contributed by atoms with van der Waals surface area (Å²) in [5.74, 6) is 0. The molecule has 0 saturated carbocycles. The Hall–Kier alpha value is -0.676. The summed E-state index contributed by atoms with van der Waals surface area (Å²) in [4.78, 5) is 12.4. The molecule has 0 radical (unpaired) electrons. The highest BCUT2D eigenvalue weighted by Gasteiger charge is 2.43. The average Bonchev–Trinajstić information content (AvgIpc) is 2.16. The Kier molecular flexibility index (Phi) is 3.35. The molecule has 15 heavy (non-hydrogen) atoms. The number of hydrogen-bond donors (Lipinski definition) is 0. The predicted molar refractivity (Wildman–Crippen MR) is 71.6 cm³/mol. The van der Waals surface area contributed by atoms with Crippen molar-refractivity contribution in [2.24, 2.45) is 0 Å². The van der Waals surface area contributed by atoms with Crippen molar-refractivity contribution in [2.45, 2.75) is 32.7 Å². The van der Waals surface area contributed by atoms with Gasteiger partial charge in [-0.1, -0.05) is 63.1 Å². The second-order valence-electron chi connectivity index (χ2n) is 5.57. The van der Waals surface area contributed by atoms with E-state index in [1.807, 2.05) is 30.3 Å². The molecule has 0 aliphatic carbocycles. The zero-order valence-corrected chi connectivity index (χ0v) is 12.3. The fourth-order valence-corrected chi connectivity index (χ4v) is 5.34. The Balaban J connectivity index is 3.06. The quantitative estimate of drug-likeness (QED) is 0.734. The van der Waals surface area contributed by atoms with E-state index in [9.17, 15) is 4.79 Å². The van der Waals surface area contributed by atoms with Gasteiger partial charge in [0, 0.05) is 13.2 Å². The molecule has 0 atom stereocenters. The Morgan fingerprint density at radius 1 is 0.933 bits per heavy atom. The summed E-state index contributed by atoms with van der Waals surface area (Å²) in [6.07, 6.45) is 0. The monoisotopic (exact) mass is 236 g/mol. The molecule has 3 heteroatoms. The van der Waals surface area contributed by atoms with Gasteiger partial charge in [0.2, 0.25) is 0 Å². The molecule has 1 nitrogen and oxygen atoms in total. The molecule has 0 spiro atoms. The zero-order chi connectivity index (χ0) is 11.7. The Bertz CT molecular complexity index is 350. The molecule has 0 aromatic heterocycles. The second-order valence-corrected chi connectivity index (χ2v) is 22.0. The lowest BCUT2D eigenvalue weighted by molar-refractivity contribution is 0.107. The van der Waals surface area contributed by atoms with Crippen LogP contribution < -0.4 is 0 Å². The van der Waals surface area contributed by atoms with Gasteiger partial charge in [0.15, 0.2) is 0 Å². The summed E-state index contributed by atoms with van der Waals surface area (Å²) in [6.45, 7) is 11.4. The van der Waals surface area contributed by atoms with Crippen molar-refractivity contribution in [1.82, 2.24) is 0 Å². The lowest BCUT2D eigenvalue weighted by atomic mass is 10.2. The summed E-state index contributed by atoms with van der Waals surface area (Å²) in [6, 6.07) is 9.73. The number of benzene rings is 1. The molecular weight excluding hydrogens is 216 g/mol. The van der Waals surface area contributed by atoms with Crippen LogP contribution >= 0.6 is 0 Å². The van der Waals surface area contributed by atoms with Gasteiger partial charge >= 0.3 is 0 Å². The average molecular weight is 236 g/mol. The molecule has 0 aliphatic rings. The standard InChI is InChI=1S/C12H20OSi2/c1-14(2,3)15(4,5)12(13)11-9-7-6-8-10-11/h6-10H,1-5H3. The van der Waals surface area contributed by atoms with Gasteiger partial charge < -0.3 is 4.79 Å². The molecule has 1 aromatic carbocycles. The Morgan fingerprint density at radius 3 is 1.80 bits per heavy atom. The molecule has 0 saturated heterocycles. The highest BCUT2D eigenvalue weighted by Crippen LogP contribution is 2.22. The van der Waals surface area contributed by atoms with Crippen molar-refractivity contribution < 1.29 is 4.79 Å². The predicted octanol–water partition coefficient (Wildman–Crippen LogP) is 3.53. The molecule has 0 aliphatic heterocycles. The third-order valence-corrected chi connectivity index (χ3v) is 20.6. The summed E-state index contributed by atoms with van der Waals surface area (Å²) < 4.78 is 0. The third kappa shape index (κ3) is 2.47. The van der Waals surface area contributed by atoms with Crippen molar-refractivity contribution in [3.63, 3.8) is 0 Å². The molecule has 0 N–H and O–H groups in total. The van der Waals surface area contributed by atoms with Gasteiger partial charge in [-0.2, -0.15) is 0 Å². The van der Waals surface area contributed by atoms with Gasteiger partial charge in [-0.15, -0.1) is 0 Å². The molecule has 1 rings (SSSR count). The van der Waals surface area contributed by atoms with E-state index < -0.39 is 15.2 Å². The topological polar surface area (TPSA) is 17.1 Å². The minimum absolute atomic E-state index is 0.419. The van der Waals surface area contributed by atoms with Crippen molar-refractivity contribution in [1.29, 1.82) is 0 Å². The maximum Gasteiger partial charge on any atom is 0.137 e. The van der Waals surface area contributed by atoms with Gasteiger partial charge in [-0.25, -0.2) is 0 Å². The van der Waals surface area contributed by atoms with Gasteiger partial charge in [0.25, 0.3) is 0 Å². The molecule has 0 heterocycles. The van der Waals surface area contributed by atoms with E-state index in [1.165, 1.54) is 0 Å². The lowest BCUT2D eigenvalue weighted by Crippen LogP contribution is -2.58. The summed E-state index contributed by atoms with van der Waals surface area (Å²) in [5, 5.41) is 0.419. The Labute approximate surface area is 94.3 Å². The first-order chi connectivity index (χ1) is 6.77. The summed E-state index contributed by atoms with van der Waals surface area (Å²) in [7, 11) is -3.09. The molecule has 0 amide bonds. The minimum atomic E-state index is -1.75. The van der Waals surface area contributed by atoms with E-state index in [1.54, 1.807) is 0 Å². The van der Waals surface area contributed by atoms with Crippen LogP contribution in [0.1, 0.15) is 10.4 Å². The number of rotatable bonds is 3. The van der Waals surface area contributed by atoms with E-state index in [4.69, 9.17) is 0 Å². The van der Waals surface area contributed by atoms with E-state index in [-0.39, 0.29) is 0 Å². The van der Waals surface area contributed by atoms with Crippen LogP contribution in [0.2, 0.25) is 32.7 Å². The smallest absolute Gasteiger partial charge is 0.137 e. The zero-order valence-electron chi connectivity index (χ0n) is 10.3. The van der Waals surface area contributed by atoms with Crippen LogP contribution in [0.3, 0.4) is 0 Å². The van der Waals surface area contributed by atoms with Crippen LogP contribution in [0, 0.1) is 0 Å². The fourth-order valence-electron chi connectivity index (χ4n) is 1.29. The van der Waals surface area contributed by atoms with Crippen LogP contribution in [0.5, 0.6) is 0 Å². The highest BCUT2D eigenvalue weighted by atomic mass is 29.3. The highest BCUT2D eigenvalue weighted by molar-refractivity contribution is 7.51. The summed E-state index contributed by atoms with van der Waals surface area (Å²) in [5.41, 5.74) is 0.900. The van der Waals surface area contributed by atoms with Crippen molar-refractivity contribution >= 4 is 20.6 Å². The second kappa shape index (κ2) is 4.06. The van der Waals surface area contributed by atoms with Crippen molar-refractivity contribution in [2.75, 3.05) is 0 Å². The first-order valence-electron chi connectivity index (χ1n) is 5.36. The van der Waals surface area contributed by atoms with Gasteiger partial charge in [-0.3, -0.25) is 0 Å². The molecule has 82 valence electrons. The van der Waals surface area contributed by atoms with Crippen LogP contribution in [0.15, 0.2) is 30.3 Å². The van der Waals surface area contributed by atoms with Gasteiger partial charge in [-0.05, 0) is 0 Å². The van der Waals surface area contributed by atoms with E-state index in [0.717, 1.165) is 5.56 Å². The third-order valence-electron chi connectivity index (χ3n) is 3.48. The van der Waals surface area contributed by atoms with Gasteiger partial charge in [0.05, 0.1) is 0 Å². The molecule has 0 unspecified atom stereocenters. The maximum absolute atomic E-state index is 12.4. The van der Waals surface area contributed by atoms with Crippen molar-refractivity contribution in [3.8, 4) is 0 Å². The fraction of sp³-hybridized carbons (Fsp3) is 0.417. The first-order valence-corrected chi connectivity index (χ1v) is 12.9. The minimum Gasteiger partial charge on any atom is -0.300 e.